The molecule has 1 amide bonds. The molecule has 0 saturated heterocycles. The Morgan fingerprint density at radius 1 is 1.12 bits per heavy atom. The average molecular weight is 357 g/mol. The van der Waals surface area contributed by atoms with Gasteiger partial charge in [-0.3, -0.25) is 4.79 Å². The van der Waals surface area contributed by atoms with Crippen LogP contribution >= 0.6 is 11.6 Å². The monoisotopic (exact) mass is 356 g/mol. The highest BCUT2D eigenvalue weighted by atomic mass is 35.5. The van der Waals surface area contributed by atoms with Crippen LogP contribution in [0.2, 0.25) is 5.02 Å². The lowest BCUT2D eigenvalue weighted by Crippen LogP contribution is -2.23. The Balaban J connectivity index is 1.65. The van der Waals surface area contributed by atoms with Gasteiger partial charge in [0.1, 0.15) is 0 Å². The van der Waals surface area contributed by atoms with Crippen molar-refractivity contribution in [1.82, 2.24) is 15.5 Å². The van der Waals surface area contributed by atoms with Crippen molar-refractivity contribution in [2.45, 2.75) is 6.54 Å². The molecule has 0 bridgehead atoms. The molecule has 0 aliphatic heterocycles. The van der Waals surface area contributed by atoms with E-state index in [-0.39, 0.29) is 5.89 Å². The lowest BCUT2D eigenvalue weighted by atomic mass is 10.2. The van der Waals surface area contributed by atoms with E-state index >= 15 is 0 Å². The summed E-state index contributed by atoms with van der Waals surface area (Å²) in [5, 5.41) is 7.26. The third-order valence-corrected chi connectivity index (χ3v) is 3.88. The molecule has 0 unspecified atom stereocenters. The maximum Gasteiger partial charge on any atom is 0.316 e. The van der Waals surface area contributed by atoms with Crippen molar-refractivity contribution < 1.29 is 9.32 Å². The number of carbonyl (C=O) groups excluding carboxylic acids is 1. The van der Waals surface area contributed by atoms with Gasteiger partial charge in [0.05, 0.1) is 0 Å². The van der Waals surface area contributed by atoms with E-state index in [0.717, 1.165) is 16.8 Å². The van der Waals surface area contributed by atoms with Gasteiger partial charge in [-0.2, -0.15) is 4.98 Å². The van der Waals surface area contributed by atoms with Gasteiger partial charge in [0.2, 0.25) is 5.82 Å². The summed E-state index contributed by atoms with van der Waals surface area (Å²) in [7, 11) is 3.93. The predicted molar refractivity (Wildman–Crippen MR) is 96.7 cm³/mol. The molecule has 0 atom stereocenters. The third-order valence-electron chi connectivity index (χ3n) is 3.63. The zero-order valence-corrected chi connectivity index (χ0v) is 14.6. The summed E-state index contributed by atoms with van der Waals surface area (Å²) in [5.41, 5.74) is 2.77. The van der Waals surface area contributed by atoms with E-state index in [2.05, 4.69) is 15.5 Å². The molecule has 25 heavy (non-hydrogen) atoms. The Morgan fingerprint density at radius 2 is 1.80 bits per heavy atom. The number of benzene rings is 2. The van der Waals surface area contributed by atoms with Crippen LogP contribution in [0.15, 0.2) is 53.1 Å². The molecule has 3 aromatic rings. The molecule has 128 valence electrons. The van der Waals surface area contributed by atoms with Crippen molar-refractivity contribution in [3.63, 3.8) is 0 Å². The van der Waals surface area contributed by atoms with Crippen LogP contribution in [0, 0.1) is 0 Å². The molecule has 1 aromatic heterocycles. The first-order chi connectivity index (χ1) is 12.0. The Hall–Kier alpha value is -2.86. The molecule has 0 saturated carbocycles. The Kier molecular flexibility index (Phi) is 5.00. The zero-order chi connectivity index (χ0) is 17.8. The van der Waals surface area contributed by atoms with Gasteiger partial charge in [-0.05, 0) is 42.0 Å². The smallest absolute Gasteiger partial charge is 0.316 e. The highest BCUT2D eigenvalue weighted by molar-refractivity contribution is 6.30. The molecule has 0 aliphatic carbocycles. The minimum atomic E-state index is -0.418. The molecule has 1 heterocycles. The number of nitrogens with one attached hydrogen (secondary N) is 1. The van der Waals surface area contributed by atoms with E-state index in [1.54, 1.807) is 12.1 Å². The fourth-order valence-electron chi connectivity index (χ4n) is 2.20. The summed E-state index contributed by atoms with van der Waals surface area (Å²) in [4.78, 5) is 18.3. The summed E-state index contributed by atoms with van der Waals surface area (Å²) >= 11 is 5.83. The lowest BCUT2D eigenvalue weighted by molar-refractivity contribution is 0.0907. The van der Waals surface area contributed by atoms with Crippen molar-refractivity contribution in [3.8, 4) is 11.4 Å². The second-order valence-corrected chi connectivity index (χ2v) is 6.11. The maximum absolute atomic E-state index is 12.1. The van der Waals surface area contributed by atoms with Crippen LogP contribution in [0.4, 0.5) is 5.69 Å². The van der Waals surface area contributed by atoms with Crippen LogP contribution < -0.4 is 10.2 Å². The molecule has 6 nitrogen and oxygen atoms in total. The van der Waals surface area contributed by atoms with E-state index in [1.807, 2.05) is 55.4 Å². The van der Waals surface area contributed by atoms with Crippen molar-refractivity contribution >= 4 is 23.2 Å². The summed E-state index contributed by atoms with van der Waals surface area (Å²) in [5.74, 6) is -0.110. The SMILES string of the molecule is CN(C)c1ccc(-c2noc(C(=O)NCc3ccc(Cl)cc3)n2)cc1. The number of hydrogen-bond donors (Lipinski definition) is 1. The van der Waals surface area contributed by atoms with Crippen molar-refractivity contribution in [2.75, 3.05) is 19.0 Å². The number of halogens is 1. The zero-order valence-electron chi connectivity index (χ0n) is 13.9. The second kappa shape index (κ2) is 7.36. The van der Waals surface area contributed by atoms with Gasteiger partial charge < -0.3 is 14.7 Å². The Morgan fingerprint density at radius 3 is 2.44 bits per heavy atom. The van der Waals surface area contributed by atoms with Gasteiger partial charge in [-0.15, -0.1) is 0 Å². The number of carbonyl (C=O) groups is 1. The van der Waals surface area contributed by atoms with Crippen LogP contribution in [0.3, 0.4) is 0 Å². The standard InChI is InChI=1S/C18H17ClN4O2/c1-23(2)15-9-5-13(6-10-15)16-21-18(25-22-16)17(24)20-11-12-3-7-14(19)8-4-12/h3-10H,11H2,1-2H3,(H,20,24). The molecule has 0 spiro atoms. The van der Waals surface area contributed by atoms with Gasteiger partial charge in [0.15, 0.2) is 0 Å². The van der Waals surface area contributed by atoms with E-state index in [4.69, 9.17) is 16.1 Å². The first-order valence-electron chi connectivity index (χ1n) is 7.67. The quantitative estimate of drug-likeness (QED) is 0.758. The van der Waals surface area contributed by atoms with Crippen LogP contribution in [0.5, 0.6) is 0 Å². The third kappa shape index (κ3) is 4.16. The summed E-state index contributed by atoms with van der Waals surface area (Å²) < 4.78 is 5.06. The van der Waals surface area contributed by atoms with Crippen LogP contribution in [-0.4, -0.2) is 30.1 Å². The molecular weight excluding hydrogens is 340 g/mol. The number of nitrogens with zero attached hydrogens (tertiary/aromatic N) is 3. The van der Waals surface area contributed by atoms with E-state index in [0.29, 0.717) is 17.4 Å². The van der Waals surface area contributed by atoms with E-state index < -0.39 is 5.91 Å². The fraction of sp³-hybridized carbons (Fsp3) is 0.167. The minimum Gasteiger partial charge on any atom is -0.378 e. The number of aromatic nitrogens is 2. The van der Waals surface area contributed by atoms with Gasteiger partial charge in [-0.25, -0.2) is 0 Å². The topological polar surface area (TPSA) is 71.3 Å². The van der Waals surface area contributed by atoms with Gasteiger partial charge in [0.25, 0.3) is 0 Å². The first-order valence-corrected chi connectivity index (χ1v) is 8.05. The predicted octanol–water partition coefficient (Wildman–Crippen LogP) is 3.39. The highest BCUT2D eigenvalue weighted by Gasteiger charge is 2.16. The van der Waals surface area contributed by atoms with Crippen LogP contribution in [0.25, 0.3) is 11.4 Å². The highest BCUT2D eigenvalue weighted by Crippen LogP contribution is 2.20. The van der Waals surface area contributed by atoms with Crippen molar-refractivity contribution in [3.05, 3.63) is 65.0 Å². The molecule has 0 radical (unpaired) electrons. The minimum absolute atomic E-state index is 0.0688. The first kappa shape index (κ1) is 17.0. The Bertz CT molecular complexity index is 858. The van der Waals surface area contributed by atoms with Crippen molar-refractivity contribution in [2.24, 2.45) is 0 Å². The molecule has 2 aromatic carbocycles. The number of rotatable bonds is 5. The molecule has 7 heteroatoms. The maximum atomic E-state index is 12.1. The molecule has 0 fully saturated rings. The largest absolute Gasteiger partial charge is 0.378 e. The summed E-state index contributed by atoms with van der Waals surface area (Å²) in [6, 6.07) is 14.9. The van der Waals surface area contributed by atoms with Crippen LogP contribution in [-0.2, 0) is 6.54 Å². The van der Waals surface area contributed by atoms with Gasteiger partial charge >= 0.3 is 11.8 Å². The normalized spacial score (nSPS) is 10.5. The fourth-order valence-corrected chi connectivity index (χ4v) is 2.33. The number of amides is 1. The second-order valence-electron chi connectivity index (χ2n) is 5.67. The van der Waals surface area contributed by atoms with Crippen molar-refractivity contribution in [1.29, 1.82) is 0 Å². The number of hydrogen-bond acceptors (Lipinski definition) is 5. The molecule has 0 aliphatic rings. The summed E-state index contributed by atoms with van der Waals surface area (Å²) in [6.45, 7) is 0.352. The van der Waals surface area contributed by atoms with Crippen LogP contribution in [0.1, 0.15) is 16.2 Å². The molecular formula is C18H17ClN4O2. The van der Waals surface area contributed by atoms with E-state index in [9.17, 15) is 4.79 Å². The average Bonchev–Trinajstić information content (AvgIpc) is 3.11. The Labute approximate surface area is 150 Å². The van der Waals surface area contributed by atoms with Gasteiger partial charge in [-0.1, -0.05) is 28.9 Å². The summed E-state index contributed by atoms with van der Waals surface area (Å²) in [6.07, 6.45) is 0. The molecule has 1 N–H and O–H groups in total. The van der Waals surface area contributed by atoms with Gasteiger partial charge in [0, 0.05) is 36.9 Å². The number of anilines is 1. The molecule has 3 rings (SSSR count). The lowest BCUT2D eigenvalue weighted by Gasteiger charge is -2.11. The van der Waals surface area contributed by atoms with E-state index in [1.165, 1.54) is 0 Å².